The van der Waals surface area contributed by atoms with Crippen molar-refractivity contribution < 1.29 is 9.66 Å². The summed E-state index contributed by atoms with van der Waals surface area (Å²) in [6.07, 6.45) is 0. The summed E-state index contributed by atoms with van der Waals surface area (Å²) >= 11 is 3.19. The maximum Gasteiger partial charge on any atom is 0.312 e. The van der Waals surface area contributed by atoms with Crippen LogP contribution < -0.4 is 4.74 Å². The molecule has 1 aromatic carbocycles. The third-order valence-electron chi connectivity index (χ3n) is 2.28. The first-order chi connectivity index (χ1) is 9.49. The van der Waals surface area contributed by atoms with Gasteiger partial charge in [-0.1, -0.05) is 0 Å². The Morgan fingerprint density at radius 3 is 2.75 bits per heavy atom. The van der Waals surface area contributed by atoms with Crippen LogP contribution in [0.2, 0.25) is 0 Å². The molecule has 2 aromatic rings. The smallest absolute Gasteiger partial charge is 0.312 e. The van der Waals surface area contributed by atoms with Crippen LogP contribution in [0.25, 0.3) is 0 Å². The minimum absolute atomic E-state index is 0.0130. The molecule has 0 bridgehead atoms. The molecule has 1 aromatic heterocycles. The number of rotatable bonds is 3. The van der Waals surface area contributed by atoms with Gasteiger partial charge in [0.1, 0.15) is 10.4 Å². The highest BCUT2D eigenvalue weighted by Crippen LogP contribution is 2.31. The highest BCUT2D eigenvalue weighted by atomic mass is 79.9. The van der Waals surface area contributed by atoms with Crippen LogP contribution in [0.4, 0.5) is 5.69 Å². The highest BCUT2D eigenvalue weighted by molar-refractivity contribution is 9.10. The maximum absolute atomic E-state index is 11.0. The zero-order valence-corrected chi connectivity index (χ0v) is 11.8. The van der Waals surface area contributed by atoms with Gasteiger partial charge in [-0.05, 0) is 35.0 Å². The van der Waals surface area contributed by atoms with Gasteiger partial charge < -0.3 is 4.74 Å². The topological polar surface area (TPSA) is 102 Å². The molecule has 0 N–H and O–H groups in total. The number of aromatic nitrogens is 2. The molecular weight excluding hydrogens is 328 g/mol. The van der Waals surface area contributed by atoms with E-state index in [0.717, 1.165) is 6.07 Å². The number of halogens is 1. The van der Waals surface area contributed by atoms with Gasteiger partial charge in [0.15, 0.2) is 0 Å². The van der Waals surface area contributed by atoms with Crippen LogP contribution in [0.5, 0.6) is 11.6 Å². The van der Waals surface area contributed by atoms with Crippen molar-refractivity contribution in [3.63, 3.8) is 0 Å². The molecule has 0 aliphatic rings. The summed E-state index contributed by atoms with van der Waals surface area (Å²) in [4.78, 5) is 18.4. The lowest BCUT2D eigenvalue weighted by Crippen LogP contribution is -1.97. The largest absolute Gasteiger partial charge is 0.432 e. The van der Waals surface area contributed by atoms with E-state index in [1.807, 2.05) is 6.07 Å². The lowest BCUT2D eigenvalue weighted by atomic mass is 10.2. The van der Waals surface area contributed by atoms with Crippen LogP contribution in [0.1, 0.15) is 11.4 Å². The van der Waals surface area contributed by atoms with E-state index in [2.05, 4.69) is 25.9 Å². The second kappa shape index (κ2) is 5.63. The van der Waals surface area contributed by atoms with E-state index >= 15 is 0 Å². The second-order valence-corrected chi connectivity index (χ2v) is 4.54. The highest BCUT2D eigenvalue weighted by Gasteiger charge is 2.17. The van der Waals surface area contributed by atoms with Crippen molar-refractivity contribution in [2.45, 2.75) is 6.92 Å². The number of aryl methyl sites for hydroxylation is 1. The number of benzene rings is 1. The molecule has 0 aliphatic carbocycles. The fourth-order valence-electron chi connectivity index (χ4n) is 1.49. The fraction of sp³-hybridized carbons (Fsp3) is 0.0833. The molecule has 0 atom stereocenters. The quantitative estimate of drug-likeness (QED) is 0.485. The van der Waals surface area contributed by atoms with Gasteiger partial charge in [0.25, 0.3) is 0 Å². The second-order valence-electron chi connectivity index (χ2n) is 3.73. The molecule has 0 aliphatic heterocycles. The first kappa shape index (κ1) is 13.9. The summed E-state index contributed by atoms with van der Waals surface area (Å²) in [5.74, 6) is 0.654. The summed E-state index contributed by atoms with van der Waals surface area (Å²) in [7, 11) is 0. The Hall–Kier alpha value is -2.53. The van der Waals surface area contributed by atoms with E-state index < -0.39 is 4.92 Å². The average molecular weight is 335 g/mol. The number of nitro benzene ring substituents is 1. The molecule has 0 radical (unpaired) electrons. The summed E-state index contributed by atoms with van der Waals surface area (Å²) in [6.45, 7) is 1.67. The minimum Gasteiger partial charge on any atom is -0.432 e. The molecule has 8 heteroatoms. The van der Waals surface area contributed by atoms with E-state index in [9.17, 15) is 10.1 Å². The van der Waals surface area contributed by atoms with Crippen LogP contribution >= 0.6 is 15.9 Å². The predicted octanol–water partition coefficient (Wildman–Crippen LogP) is 3.12. The Morgan fingerprint density at radius 1 is 1.40 bits per heavy atom. The molecule has 0 saturated heterocycles. The third-order valence-corrected chi connectivity index (χ3v) is 2.69. The Balaban J connectivity index is 2.43. The lowest BCUT2D eigenvalue weighted by Gasteiger charge is -2.06. The first-order valence-corrected chi connectivity index (χ1v) is 6.16. The van der Waals surface area contributed by atoms with Crippen molar-refractivity contribution in [1.29, 1.82) is 5.26 Å². The Morgan fingerprint density at radius 2 is 2.15 bits per heavy atom. The molecule has 0 amide bonds. The van der Waals surface area contributed by atoms with Gasteiger partial charge in [0, 0.05) is 12.1 Å². The van der Waals surface area contributed by atoms with Crippen molar-refractivity contribution in [2.24, 2.45) is 0 Å². The molecule has 0 fully saturated rings. The van der Waals surface area contributed by atoms with E-state index in [4.69, 9.17) is 10.00 Å². The van der Waals surface area contributed by atoms with Crippen molar-refractivity contribution in [3.8, 4) is 17.7 Å². The van der Waals surface area contributed by atoms with Crippen molar-refractivity contribution >= 4 is 21.6 Å². The standard InChI is InChI=1S/C12H7BrN4O3/c1-7-15-11(13)5-12(16-7)20-10-3-2-8(6-14)4-9(10)17(18)19/h2-5H,1H3. The van der Waals surface area contributed by atoms with Gasteiger partial charge in [-0.2, -0.15) is 10.2 Å². The van der Waals surface area contributed by atoms with E-state index in [0.29, 0.717) is 10.4 Å². The van der Waals surface area contributed by atoms with Gasteiger partial charge in [0.2, 0.25) is 11.6 Å². The fourth-order valence-corrected chi connectivity index (χ4v) is 1.94. The number of hydrogen-bond acceptors (Lipinski definition) is 6. The van der Waals surface area contributed by atoms with Crippen molar-refractivity contribution in [2.75, 3.05) is 0 Å². The summed E-state index contributed by atoms with van der Waals surface area (Å²) in [5, 5.41) is 19.7. The molecule has 2 rings (SSSR count). The molecular formula is C12H7BrN4O3. The van der Waals surface area contributed by atoms with Crippen LogP contribution in [0, 0.1) is 28.4 Å². The van der Waals surface area contributed by atoms with Crippen LogP contribution in [-0.2, 0) is 0 Å². The summed E-state index contributed by atoms with van der Waals surface area (Å²) < 4.78 is 5.91. The predicted molar refractivity (Wildman–Crippen MR) is 72.4 cm³/mol. The van der Waals surface area contributed by atoms with Crippen molar-refractivity contribution in [1.82, 2.24) is 9.97 Å². The lowest BCUT2D eigenvalue weighted by molar-refractivity contribution is -0.385. The molecule has 0 unspecified atom stereocenters. The van der Waals surface area contributed by atoms with Gasteiger partial charge in [-0.3, -0.25) is 10.1 Å². The third kappa shape index (κ3) is 3.07. The summed E-state index contributed by atoms with van der Waals surface area (Å²) in [5.41, 5.74) is -0.111. The minimum atomic E-state index is -0.612. The van der Waals surface area contributed by atoms with Gasteiger partial charge in [-0.15, -0.1) is 0 Å². The van der Waals surface area contributed by atoms with Crippen LogP contribution in [-0.4, -0.2) is 14.9 Å². The van der Waals surface area contributed by atoms with Crippen LogP contribution in [0.15, 0.2) is 28.9 Å². The zero-order valence-electron chi connectivity index (χ0n) is 10.2. The molecule has 1 heterocycles. The van der Waals surface area contributed by atoms with E-state index in [-0.39, 0.29) is 22.9 Å². The molecule has 0 spiro atoms. The number of hydrogen-bond donors (Lipinski definition) is 0. The Labute approximate surface area is 122 Å². The Bertz CT molecular complexity index is 707. The molecule has 7 nitrogen and oxygen atoms in total. The van der Waals surface area contributed by atoms with Gasteiger partial charge in [-0.25, -0.2) is 4.98 Å². The number of ether oxygens (including phenoxy) is 1. The Kier molecular flexibility index (Phi) is 3.91. The maximum atomic E-state index is 11.0. The van der Waals surface area contributed by atoms with Crippen molar-refractivity contribution in [3.05, 3.63) is 50.4 Å². The first-order valence-electron chi connectivity index (χ1n) is 5.37. The normalized spacial score (nSPS) is 9.85. The molecule has 0 saturated carbocycles. The zero-order chi connectivity index (χ0) is 14.7. The number of nitrogens with zero attached hydrogens (tertiary/aromatic N) is 4. The molecule has 20 heavy (non-hydrogen) atoms. The van der Waals surface area contributed by atoms with E-state index in [1.165, 1.54) is 18.2 Å². The SMILES string of the molecule is Cc1nc(Br)cc(Oc2ccc(C#N)cc2[N+](=O)[O-])n1. The number of nitro groups is 1. The van der Waals surface area contributed by atoms with Gasteiger partial charge >= 0.3 is 5.69 Å². The average Bonchev–Trinajstić information content (AvgIpc) is 2.37. The van der Waals surface area contributed by atoms with E-state index in [1.54, 1.807) is 6.92 Å². The molecule has 100 valence electrons. The monoisotopic (exact) mass is 334 g/mol. The summed E-state index contributed by atoms with van der Waals surface area (Å²) in [6, 6.07) is 7.28. The van der Waals surface area contributed by atoms with Crippen LogP contribution in [0.3, 0.4) is 0 Å². The van der Waals surface area contributed by atoms with Gasteiger partial charge in [0.05, 0.1) is 16.6 Å². The number of nitriles is 1.